The van der Waals surface area contributed by atoms with E-state index in [0.29, 0.717) is 11.5 Å². The highest BCUT2D eigenvalue weighted by Gasteiger charge is 2.29. The quantitative estimate of drug-likeness (QED) is 0.650. The van der Waals surface area contributed by atoms with E-state index in [-0.39, 0.29) is 18.3 Å². The zero-order valence-electron chi connectivity index (χ0n) is 17.7. The number of nitrogens with zero attached hydrogens (tertiary/aromatic N) is 1. The van der Waals surface area contributed by atoms with Crippen molar-refractivity contribution in [2.24, 2.45) is 0 Å². The Morgan fingerprint density at radius 2 is 1.83 bits per heavy atom. The Kier molecular flexibility index (Phi) is 7.66. The van der Waals surface area contributed by atoms with Crippen molar-refractivity contribution in [1.82, 2.24) is 5.32 Å². The molecule has 1 N–H and O–H groups in total. The van der Waals surface area contributed by atoms with Crippen LogP contribution in [0.3, 0.4) is 0 Å². The van der Waals surface area contributed by atoms with E-state index in [2.05, 4.69) is 5.32 Å². The Morgan fingerprint density at radius 1 is 1.13 bits per heavy atom. The fourth-order valence-corrected chi connectivity index (χ4v) is 4.10. The molecule has 0 fully saturated rings. The summed E-state index contributed by atoms with van der Waals surface area (Å²) in [5.41, 5.74) is 0.831. The molecule has 2 rings (SSSR count). The molecule has 0 spiro atoms. The van der Waals surface area contributed by atoms with Crippen LogP contribution in [0.2, 0.25) is 0 Å². The number of nitrogens with one attached hydrogen (secondary N) is 1. The van der Waals surface area contributed by atoms with Gasteiger partial charge in [0.15, 0.2) is 11.5 Å². The normalized spacial score (nSPS) is 12.4. The van der Waals surface area contributed by atoms with Crippen LogP contribution in [0.25, 0.3) is 0 Å². The molecule has 30 heavy (non-hydrogen) atoms. The Morgan fingerprint density at radius 3 is 2.40 bits per heavy atom. The van der Waals surface area contributed by atoms with Crippen LogP contribution >= 0.6 is 0 Å². The number of hydrogen-bond donors (Lipinski definition) is 1. The fourth-order valence-electron chi connectivity index (χ4n) is 2.93. The van der Waals surface area contributed by atoms with Gasteiger partial charge in [0.05, 0.1) is 25.2 Å². The van der Waals surface area contributed by atoms with Gasteiger partial charge in [-0.15, -0.1) is 0 Å². The van der Waals surface area contributed by atoms with Crippen LogP contribution < -0.4 is 19.1 Å². The Labute approximate surface area is 176 Å². The van der Waals surface area contributed by atoms with E-state index in [1.54, 1.807) is 18.2 Å². The number of carbonyl (C=O) groups excluding carboxylic acids is 1. The van der Waals surface area contributed by atoms with Crippen molar-refractivity contribution in [3.05, 3.63) is 53.8 Å². The molecular weight excluding hydrogens is 411 g/mol. The average Bonchev–Trinajstić information content (AvgIpc) is 2.65. The first kappa shape index (κ1) is 23.5. The van der Waals surface area contributed by atoms with Gasteiger partial charge in [-0.1, -0.05) is 12.1 Å². The number of halogens is 1. The third-order valence-corrected chi connectivity index (χ3v) is 5.45. The van der Waals surface area contributed by atoms with Crippen molar-refractivity contribution in [3.63, 3.8) is 0 Å². The molecule has 0 saturated heterocycles. The van der Waals surface area contributed by atoms with E-state index in [9.17, 15) is 17.6 Å². The van der Waals surface area contributed by atoms with Gasteiger partial charge in [-0.05, 0) is 56.7 Å². The van der Waals surface area contributed by atoms with Gasteiger partial charge in [0.2, 0.25) is 15.9 Å². The number of rotatable bonds is 9. The number of carbonyl (C=O) groups is 1. The van der Waals surface area contributed by atoms with Gasteiger partial charge < -0.3 is 14.8 Å². The second-order valence-corrected chi connectivity index (χ2v) is 8.94. The smallest absolute Gasteiger partial charge is 0.243 e. The lowest BCUT2D eigenvalue weighted by molar-refractivity contribution is -0.122. The van der Waals surface area contributed by atoms with Gasteiger partial charge in [0.25, 0.3) is 0 Å². The SMILES string of the molecule is COc1cc(CNC(=O)C(C)N(c2cccc(F)c2)S(C)(=O)=O)ccc1OC(C)C. The van der Waals surface area contributed by atoms with Crippen LogP contribution in [0.5, 0.6) is 11.5 Å². The second-order valence-electron chi connectivity index (χ2n) is 7.08. The lowest BCUT2D eigenvalue weighted by Crippen LogP contribution is -2.47. The maximum atomic E-state index is 13.6. The summed E-state index contributed by atoms with van der Waals surface area (Å²) in [4.78, 5) is 12.7. The third-order valence-electron chi connectivity index (χ3n) is 4.21. The van der Waals surface area contributed by atoms with Gasteiger partial charge in [0, 0.05) is 6.54 Å². The summed E-state index contributed by atoms with van der Waals surface area (Å²) in [7, 11) is -2.30. The first-order valence-electron chi connectivity index (χ1n) is 9.39. The largest absolute Gasteiger partial charge is 0.493 e. The van der Waals surface area contributed by atoms with Crippen LogP contribution in [0.4, 0.5) is 10.1 Å². The summed E-state index contributed by atoms with van der Waals surface area (Å²) in [6.07, 6.45) is 0.954. The molecule has 1 atom stereocenters. The van der Waals surface area contributed by atoms with Gasteiger partial charge in [-0.3, -0.25) is 9.10 Å². The molecule has 0 heterocycles. The maximum absolute atomic E-state index is 13.6. The minimum absolute atomic E-state index is 0.0184. The number of ether oxygens (including phenoxy) is 2. The predicted molar refractivity (Wildman–Crippen MR) is 114 cm³/mol. The summed E-state index contributed by atoms with van der Waals surface area (Å²) >= 11 is 0. The van der Waals surface area contributed by atoms with E-state index in [4.69, 9.17) is 9.47 Å². The molecule has 2 aromatic rings. The molecule has 7 nitrogen and oxygen atoms in total. The van der Waals surface area contributed by atoms with E-state index in [1.807, 2.05) is 13.8 Å². The summed E-state index contributed by atoms with van der Waals surface area (Å²) in [5.74, 6) is 0.00189. The number of sulfonamides is 1. The molecule has 0 aliphatic rings. The van der Waals surface area contributed by atoms with Gasteiger partial charge in [-0.2, -0.15) is 0 Å². The van der Waals surface area contributed by atoms with Crippen molar-refractivity contribution in [1.29, 1.82) is 0 Å². The summed E-state index contributed by atoms with van der Waals surface area (Å²) < 4.78 is 50.0. The molecule has 1 amide bonds. The van der Waals surface area contributed by atoms with Gasteiger partial charge in [-0.25, -0.2) is 12.8 Å². The zero-order chi connectivity index (χ0) is 22.5. The molecule has 164 valence electrons. The summed E-state index contributed by atoms with van der Waals surface area (Å²) in [6, 6.07) is 9.30. The van der Waals surface area contributed by atoms with Crippen molar-refractivity contribution >= 4 is 21.6 Å². The molecule has 9 heteroatoms. The van der Waals surface area contributed by atoms with Crippen LogP contribution in [0, 0.1) is 5.82 Å². The second kappa shape index (κ2) is 9.80. The first-order chi connectivity index (χ1) is 14.0. The molecular formula is C21H27FN2O5S. The fraction of sp³-hybridized carbons (Fsp3) is 0.381. The third kappa shape index (κ3) is 6.09. The Bertz CT molecular complexity index is 995. The summed E-state index contributed by atoms with van der Waals surface area (Å²) in [5, 5.41) is 2.71. The lowest BCUT2D eigenvalue weighted by atomic mass is 10.2. The lowest BCUT2D eigenvalue weighted by Gasteiger charge is -2.28. The number of amides is 1. The standard InChI is InChI=1S/C21H27FN2O5S/c1-14(2)29-19-10-9-16(11-20(19)28-4)13-23-21(25)15(3)24(30(5,26)27)18-8-6-7-17(22)12-18/h6-12,14-15H,13H2,1-5H3,(H,23,25). The van der Waals surface area contributed by atoms with Crippen molar-refractivity contribution < 1.29 is 27.1 Å². The molecule has 2 aromatic carbocycles. The van der Waals surface area contributed by atoms with Crippen molar-refractivity contribution in [2.45, 2.75) is 39.5 Å². The van der Waals surface area contributed by atoms with E-state index < -0.39 is 27.8 Å². The zero-order valence-corrected chi connectivity index (χ0v) is 18.5. The highest BCUT2D eigenvalue weighted by Crippen LogP contribution is 2.29. The topological polar surface area (TPSA) is 84.9 Å². The van der Waals surface area contributed by atoms with Crippen LogP contribution in [0.15, 0.2) is 42.5 Å². The Balaban J connectivity index is 2.16. The van der Waals surface area contributed by atoms with E-state index >= 15 is 0 Å². The molecule has 0 aliphatic heterocycles. The minimum atomic E-state index is -3.82. The van der Waals surface area contributed by atoms with Crippen LogP contribution in [0.1, 0.15) is 26.3 Å². The monoisotopic (exact) mass is 438 g/mol. The number of methoxy groups -OCH3 is 1. The Hall–Kier alpha value is -2.81. The number of hydrogen-bond acceptors (Lipinski definition) is 5. The number of benzene rings is 2. The van der Waals surface area contributed by atoms with Crippen LogP contribution in [-0.4, -0.2) is 39.8 Å². The van der Waals surface area contributed by atoms with Gasteiger partial charge in [0.1, 0.15) is 11.9 Å². The van der Waals surface area contributed by atoms with E-state index in [0.717, 1.165) is 22.2 Å². The molecule has 0 radical (unpaired) electrons. The molecule has 0 bridgehead atoms. The molecule has 0 aliphatic carbocycles. The molecule has 0 aromatic heterocycles. The summed E-state index contributed by atoms with van der Waals surface area (Å²) in [6.45, 7) is 5.41. The maximum Gasteiger partial charge on any atom is 0.243 e. The number of anilines is 1. The minimum Gasteiger partial charge on any atom is -0.493 e. The van der Waals surface area contributed by atoms with E-state index in [1.165, 1.54) is 32.2 Å². The van der Waals surface area contributed by atoms with Crippen molar-refractivity contribution in [3.8, 4) is 11.5 Å². The average molecular weight is 439 g/mol. The highest BCUT2D eigenvalue weighted by atomic mass is 32.2. The van der Waals surface area contributed by atoms with Gasteiger partial charge >= 0.3 is 0 Å². The predicted octanol–water partition coefficient (Wildman–Crippen LogP) is 3.09. The molecule has 0 saturated carbocycles. The highest BCUT2D eigenvalue weighted by molar-refractivity contribution is 7.92. The molecule has 1 unspecified atom stereocenters. The van der Waals surface area contributed by atoms with Crippen molar-refractivity contribution in [2.75, 3.05) is 17.7 Å². The first-order valence-corrected chi connectivity index (χ1v) is 11.2. The van der Waals surface area contributed by atoms with Crippen LogP contribution in [-0.2, 0) is 21.4 Å².